The molecule has 1 atom stereocenters. The van der Waals surface area contributed by atoms with Crippen molar-refractivity contribution in [2.75, 3.05) is 19.6 Å². The Labute approximate surface area is 160 Å². The second-order valence-corrected chi connectivity index (χ2v) is 7.32. The maximum Gasteiger partial charge on any atom is 0.328 e. The maximum absolute atomic E-state index is 12.0. The van der Waals surface area contributed by atoms with Crippen molar-refractivity contribution in [3.05, 3.63) is 47.0 Å². The van der Waals surface area contributed by atoms with E-state index in [0.29, 0.717) is 6.04 Å². The monoisotopic (exact) mass is 371 g/mol. The standard InChI is InChI=1S/C20H29N5O2/c1-14(2)27-20(26)13-25-16(4)18(15(3)23-25)12-24-10-9-22-11-19(24)17-5-7-21-8-6-17/h5-8,14,19,22H,9-13H2,1-4H3. The Morgan fingerprint density at radius 2 is 2.07 bits per heavy atom. The summed E-state index contributed by atoms with van der Waals surface area (Å²) in [5.41, 5.74) is 4.45. The number of esters is 1. The fourth-order valence-corrected chi connectivity index (χ4v) is 3.59. The Hall–Kier alpha value is -2.25. The van der Waals surface area contributed by atoms with Crippen molar-refractivity contribution in [2.24, 2.45) is 0 Å². The van der Waals surface area contributed by atoms with E-state index in [1.54, 1.807) is 4.68 Å². The molecule has 3 rings (SSSR count). The van der Waals surface area contributed by atoms with Gasteiger partial charge in [-0.15, -0.1) is 0 Å². The summed E-state index contributed by atoms with van der Waals surface area (Å²) in [6.07, 6.45) is 3.57. The normalized spacial score (nSPS) is 18.0. The van der Waals surface area contributed by atoms with Gasteiger partial charge < -0.3 is 10.1 Å². The molecule has 1 aliphatic heterocycles. The molecule has 1 saturated heterocycles. The van der Waals surface area contributed by atoms with Crippen molar-refractivity contribution in [1.29, 1.82) is 0 Å². The van der Waals surface area contributed by atoms with Crippen molar-refractivity contribution in [3.8, 4) is 0 Å². The van der Waals surface area contributed by atoms with Gasteiger partial charge in [-0.05, 0) is 45.4 Å². The van der Waals surface area contributed by atoms with Crippen LogP contribution in [0.5, 0.6) is 0 Å². The molecule has 7 heteroatoms. The number of pyridine rings is 1. The van der Waals surface area contributed by atoms with Gasteiger partial charge in [0.05, 0.1) is 11.8 Å². The molecule has 146 valence electrons. The van der Waals surface area contributed by atoms with Crippen molar-refractivity contribution in [3.63, 3.8) is 0 Å². The lowest BCUT2D eigenvalue weighted by Crippen LogP contribution is -2.45. The van der Waals surface area contributed by atoms with Crippen LogP contribution >= 0.6 is 0 Å². The number of rotatable bonds is 6. The molecule has 1 unspecified atom stereocenters. The fourth-order valence-electron chi connectivity index (χ4n) is 3.59. The summed E-state index contributed by atoms with van der Waals surface area (Å²) in [7, 11) is 0. The number of nitrogens with one attached hydrogen (secondary N) is 1. The number of hydrogen-bond donors (Lipinski definition) is 1. The van der Waals surface area contributed by atoms with E-state index >= 15 is 0 Å². The first-order chi connectivity index (χ1) is 13.0. The molecule has 0 bridgehead atoms. The quantitative estimate of drug-likeness (QED) is 0.783. The van der Waals surface area contributed by atoms with Crippen LogP contribution in [0.4, 0.5) is 0 Å². The van der Waals surface area contributed by atoms with E-state index in [9.17, 15) is 4.79 Å². The fraction of sp³-hybridized carbons (Fsp3) is 0.550. The van der Waals surface area contributed by atoms with Gasteiger partial charge in [-0.3, -0.25) is 19.4 Å². The third-order valence-corrected chi connectivity index (χ3v) is 4.98. The van der Waals surface area contributed by atoms with Crippen LogP contribution in [0, 0.1) is 13.8 Å². The van der Waals surface area contributed by atoms with Crippen LogP contribution in [0.3, 0.4) is 0 Å². The van der Waals surface area contributed by atoms with Crippen LogP contribution in [0.25, 0.3) is 0 Å². The minimum atomic E-state index is -0.251. The molecule has 0 saturated carbocycles. The number of carbonyl (C=O) groups is 1. The van der Waals surface area contributed by atoms with Crippen LogP contribution in [0.15, 0.2) is 24.5 Å². The van der Waals surface area contributed by atoms with E-state index < -0.39 is 0 Å². The molecular formula is C20H29N5O2. The molecule has 1 fully saturated rings. The first kappa shape index (κ1) is 19.5. The molecule has 0 spiro atoms. The third kappa shape index (κ3) is 4.73. The predicted octanol–water partition coefficient (Wildman–Crippen LogP) is 1.99. The average Bonchev–Trinajstić information content (AvgIpc) is 2.89. The molecule has 0 aliphatic carbocycles. The zero-order chi connectivity index (χ0) is 19.4. The maximum atomic E-state index is 12.0. The van der Waals surface area contributed by atoms with Gasteiger partial charge in [-0.2, -0.15) is 5.10 Å². The Morgan fingerprint density at radius 3 is 2.78 bits per heavy atom. The van der Waals surface area contributed by atoms with Crippen LogP contribution in [0.1, 0.15) is 42.4 Å². The molecule has 1 aliphatic rings. The highest BCUT2D eigenvalue weighted by atomic mass is 16.5. The van der Waals surface area contributed by atoms with Gasteiger partial charge >= 0.3 is 5.97 Å². The van der Waals surface area contributed by atoms with Gasteiger partial charge in [0.1, 0.15) is 6.54 Å². The number of aryl methyl sites for hydroxylation is 1. The summed E-state index contributed by atoms with van der Waals surface area (Å²) in [6.45, 7) is 11.6. The highest BCUT2D eigenvalue weighted by Crippen LogP contribution is 2.25. The molecule has 2 aromatic rings. The highest BCUT2D eigenvalue weighted by Gasteiger charge is 2.26. The van der Waals surface area contributed by atoms with Crippen LogP contribution in [-0.2, 0) is 22.6 Å². The lowest BCUT2D eigenvalue weighted by atomic mass is 10.0. The Kier molecular flexibility index (Phi) is 6.23. The molecule has 0 radical (unpaired) electrons. The zero-order valence-electron chi connectivity index (χ0n) is 16.6. The smallest absolute Gasteiger partial charge is 0.328 e. The average molecular weight is 371 g/mol. The van der Waals surface area contributed by atoms with Crippen molar-refractivity contribution < 1.29 is 9.53 Å². The second kappa shape index (κ2) is 8.63. The van der Waals surface area contributed by atoms with Crippen LogP contribution in [-0.4, -0.2) is 51.4 Å². The second-order valence-electron chi connectivity index (χ2n) is 7.32. The molecule has 2 aromatic heterocycles. The van der Waals surface area contributed by atoms with Gasteiger partial charge in [-0.1, -0.05) is 0 Å². The van der Waals surface area contributed by atoms with Gasteiger partial charge in [-0.25, -0.2) is 0 Å². The molecule has 0 aromatic carbocycles. The zero-order valence-corrected chi connectivity index (χ0v) is 16.6. The molecular weight excluding hydrogens is 342 g/mol. The summed E-state index contributed by atoms with van der Waals surface area (Å²) in [6, 6.07) is 4.46. The topological polar surface area (TPSA) is 72.3 Å². The van der Waals surface area contributed by atoms with Crippen molar-refractivity contribution >= 4 is 5.97 Å². The predicted molar refractivity (Wildman–Crippen MR) is 103 cm³/mol. The van der Waals surface area contributed by atoms with E-state index in [1.165, 1.54) is 11.1 Å². The summed E-state index contributed by atoms with van der Waals surface area (Å²) < 4.78 is 7.02. The Balaban J connectivity index is 1.77. The third-order valence-electron chi connectivity index (χ3n) is 4.98. The van der Waals surface area contributed by atoms with Gasteiger partial charge in [0.25, 0.3) is 0 Å². The summed E-state index contributed by atoms with van der Waals surface area (Å²) in [5, 5.41) is 8.07. The van der Waals surface area contributed by atoms with E-state index in [4.69, 9.17) is 4.74 Å². The number of aromatic nitrogens is 3. The van der Waals surface area contributed by atoms with Crippen LogP contribution in [0.2, 0.25) is 0 Å². The van der Waals surface area contributed by atoms with Crippen LogP contribution < -0.4 is 5.32 Å². The molecule has 1 N–H and O–H groups in total. The van der Waals surface area contributed by atoms with E-state index in [0.717, 1.165) is 37.6 Å². The first-order valence-electron chi connectivity index (χ1n) is 9.52. The highest BCUT2D eigenvalue weighted by molar-refractivity contribution is 5.69. The molecule has 27 heavy (non-hydrogen) atoms. The molecule has 0 amide bonds. The Morgan fingerprint density at radius 1 is 1.33 bits per heavy atom. The number of ether oxygens (including phenoxy) is 1. The molecule has 3 heterocycles. The largest absolute Gasteiger partial charge is 0.462 e. The van der Waals surface area contributed by atoms with Gasteiger partial charge in [0.2, 0.25) is 0 Å². The van der Waals surface area contributed by atoms with Crippen molar-refractivity contribution in [2.45, 2.75) is 52.9 Å². The summed E-state index contributed by atoms with van der Waals surface area (Å²) in [4.78, 5) is 18.6. The van der Waals surface area contributed by atoms with Crippen molar-refractivity contribution in [1.82, 2.24) is 25.0 Å². The van der Waals surface area contributed by atoms with E-state index in [2.05, 4.69) is 32.4 Å². The number of piperazine rings is 1. The summed E-state index contributed by atoms with van der Waals surface area (Å²) >= 11 is 0. The lowest BCUT2D eigenvalue weighted by Gasteiger charge is -2.36. The minimum absolute atomic E-state index is 0.115. The number of nitrogens with zero attached hydrogens (tertiary/aromatic N) is 4. The number of hydrogen-bond acceptors (Lipinski definition) is 6. The summed E-state index contributed by atoms with van der Waals surface area (Å²) in [5.74, 6) is -0.251. The van der Waals surface area contributed by atoms with Gasteiger partial charge in [0, 0.05) is 55.9 Å². The first-order valence-corrected chi connectivity index (χ1v) is 9.52. The SMILES string of the molecule is Cc1nn(CC(=O)OC(C)C)c(C)c1CN1CCNCC1c1ccncc1. The minimum Gasteiger partial charge on any atom is -0.462 e. The van der Waals surface area contributed by atoms with E-state index in [-0.39, 0.29) is 18.6 Å². The van der Waals surface area contributed by atoms with E-state index in [1.807, 2.05) is 40.1 Å². The number of carbonyl (C=O) groups excluding carboxylic acids is 1. The molecule has 7 nitrogen and oxygen atoms in total. The Bertz CT molecular complexity index is 772. The van der Waals surface area contributed by atoms with Gasteiger partial charge in [0.15, 0.2) is 0 Å². The lowest BCUT2D eigenvalue weighted by molar-refractivity contribution is -0.148.